The zero-order chi connectivity index (χ0) is 28.9. The molecule has 0 saturated carbocycles. The molecule has 0 aliphatic heterocycles. The van der Waals surface area contributed by atoms with Crippen molar-refractivity contribution in [3.05, 3.63) is 18.2 Å². The molecule has 236 valence electrons. The molecule has 0 bridgehead atoms. The molecule has 2 nitrogen and oxygen atoms in total. The summed E-state index contributed by atoms with van der Waals surface area (Å²) in [5.74, 6) is 2.24. The number of H-pyrrole nitrogens is 1. The minimum absolute atomic E-state index is 0.621. The second kappa shape index (κ2) is 28.3. The van der Waals surface area contributed by atoms with Crippen LogP contribution in [-0.2, 0) is 0 Å². The van der Waals surface area contributed by atoms with E-state index < -0.39 is 0 Å². The fourth-order valence-electron chi connectivity index (χ4n) is 6.60. The van der Waals surface area contributed by atoms with Crippen molar-refractivity contribution in [2.45, 2.75) is 226 Å². The summed E-state index contributed by atoms with van der Waals surface area (Å²) in [5, 5.41) is 0. The van der Waals surface area contributed by atoms with Gasteiger partial charge in [-0.2, -0.15) is 0 Å². The number of rotatable bonds is 31. The molecule has 1 heterocycles. The van der Waals surface area contributed by atoms with E-state index in [1.165, 1.54) is 192 Å². The Kier molecular flexibility index (Phi) is 26.4. The van der Waals surface area contributed by atoms with E-state index >= 15 is 0 Å². The van der Waals surface area contributed by atoms with Gasteiger partial charge in [-0.15, -0.1) is 0 Å². The van der Waals surface area contributed by atoms with Crippen LogP contribution in [0.2, 0.25) is 0 Å². The van der Waals surface area contributed by atoms with Crippen molar-refractivity contribution in [1.82, 2.24) is 4.98 Å². The number of aromatic amines is 1. The lowest BCUT2D eigenvalue weighted by Crippen LogP contribution is -2.41. The molecular formula is C38H75N2+. The van der Waals surface area contributed by atoms with Gasteiger partial charge in [0.1, 0.15) is 12.4 Å². The number of imidazole rings is 1. The monoisotopic (exact) mass is 560 g/mol. The van der Waals surface area contributed by atoms with Crippen molar-refractivity contribution >= 4 is 0 Å². The lowest BCUT2D eigenvalue weighted by molar-refractivity contribution is -0.727. The Hall–Kier alpha value is -0.790. The Morgan fingerprint density at radius 3 is 1.20 bits per heavy atom. The van der Waals surface area contributed by atoms with Gasteiger partial charge in [-0.1, -0.05) is 181 Å². The minimum Gasteiger partial charge on any atom is -0.247 e. The van der Waals surface area contributed by atoms with Crippen molar-refractivity contribution in [2.24, 2.45) is 0 Å². The van der Waals surface area contributed by atoms with Crippen LogP contribution < -0.4 is 4.57 Å². The maximum absolute atomic E-state index is 3.72. The molecule has 0 aromatic carbocycles. The van der Waals surface area contributed by atoms with Crippen LogP contribution in [0.4, 0.5) is 0 Å². The number of aromatic nitrogens is 2. The first-order valence-corrected chi connectivity index (χ1v) is 18.8. The second-order valence-corrected chi connectivity index (χ2v) is 13.3. The second-order valence-electron chi connectivity index (χ2n) is 13.3. The van der Waals surface area contributed by atoms with E-state index in [0.29, 0.717) is 12.0 Å². The first kappa shape index (κ1) is 37.2. The van der Waals surface area contributed by atoms with Crippen LogP contribution in [0.1, 0.15) is 232 Å². The number of unbranched alkanes of at least 4 members (excludes halogenated alkanes) is 23. The summed E-state index contributed by atoms with van der Waals surface area (Å²) in [4.78, 5) is 3.72. The van der Waals surface area contributed by atoms with Crippen LogP contribution in [-0.4, -0.2) is 4.98 Å². The molecule has 0 fully saturated rings. The van der Waals surface area contributed by atoms with E-state index in [0.717, 1.165) is 0 Å². The molecular weight excluding hydrogens is 484 g/mol. The molecule has 0 radical (unpaired) electrons. The summed E-state index contributed by atoms with van der Waals surface area (Å²) < 4.78 is 2.62. The summed E-state index contributed by atoms with van der Waals surface area (Å²) in [6.45, 7) is 9.41. The molecule has 2 unspecified atom stereocenters. The molecule has 0 aliphatic carbocycles. The number of hydrogen-bond donors (Lipinski definition) is 1. The highest BCUT2D eigenvalue weighted by Gasteiger charge is 2.25. The Morgan fingerprint density at radius 2 is 0.800 bits per heavy atom. The molecule has 1 aromatic rings. The van der Waals surface area contributed by atoms with Crippen LogP contribution in [0.25, 0.3) is 0 Å². The normalized spacial score (nSPS) is 13.2. The average molecular weight is 560 g/mol. The van der Waals surface area contributed by atoms with Gasteiger partial charge in [0.05, 0.1) is 12.0 Å². The molecule has 0 aliphatic rings. The quantitative estimate of drug-likeness (QED) is 0.0689. The van der Waals surface area contributed by atoms with E-state index in [1.54, 1.807) is 0 Å². The standard InChI is InChI=1S/C38H74N2/c1-5-8-11-14-16-18-20-21-22-24-26-28-31-36(4)40-35-34-39-38(40)37(32-29-13-10-7-3)33-30-27-25-23-19-17-15-12-9-6-2/h34-37H,5-33H2,1-4H3/p+1. The number of nitrogens with zero attached hydrogens (tertiary/aromatic N) is 1. The van der Waals surface area contributed by atoms with Crippen LogP contribution in [0, 0.1) is 0 Å². The van der Waals surface area contributed by atoms with Gasteiger partial charge in [-0.25, -0.2) is 9.55 Å². The molecule has 40 heavy (non-hydrogen) atoms. The fourth-order valence-corrected chi connectivity index (χ4v) is 6.60. The van der Waals surface area contributed by atoms with E-state index in [1.807, 2.05) is 0 Å². The molecule has 1 aromatic heterocycles. The zero-order valence-electron chi connectivity index (χ0n) is 28.3. The van der Waals surface area contributed by atoms with E-state index in [-0.39, 0.29) is 0 Å². The molecule has 2 heteroatoms. The van der Waals surface area contributed by atoms with Crippen LogP contribution in [0.5, 0.6) is 0 Å². The van der Waals surface area contributed by atoms with Crippen LogP contribution >= 0.6 is 0 Å². The summed E-state index contributed by atoms with van der Waals surface area (Å²) in [7, 11) is 0. The predicted molar refractivity (Wildman–Crippen MR) is 179 cm³/mol. The summed E-state index contributed by atoms with van der Waals surface area (Å²) >= 11 is 0. The average Bonchev–Trinajstić information content (AvgIpc) is 3.45. The lowest BCUT2D eigenvalue weighted by Gasteiger charge is -2.17. The van der Waals surface area contributed by atoms with Crippen LogP contribution in [0.15, 0.2) is 12.4 Å². The maximum Gasteiger partial charge on any atom is 0.257 e. The van der Waals surface area contributed by atoms with Gasteiger partial charge < -0.3 is 0 Å². The van der Waals surface area contributed by atoms with Crippen molar-refractivity contribution < 1.29 is 4.57 Å². The van der Waals surface area contributed by atoms with E-state index in [2.05, 4.69) is 49.6 Å². The van der Waals surface area contributed by atoms with Gasteiger partial charge in [0.15, 0.2) is 0 Å². The number of nitrogens with one attached hydrogen (secondary N) is 1. The van der Waals surface area contributed by atoms with Gasteiger partial charge in [0, 0.05) is 0 Å². The Morgan fingerprint density at radius 1 is 0.475 bits per heavy atom. The Bertz CT molecular complexity index is 621. The molecule has 1 rings (SSSR count). The summed E-state index contributed by atoms with van der Waals surface area (Å²) in [6, 6.07) is 0.621. The van der Waals surface area contributed by atoms with E-state index in [9.17, 15) is 0 Å². The molecule has 1 N–H and O–H groups in total. The highest BCUT2D eigenvalue weighted by molar-refractivity contribution is 4.90. The minimum atomic E-state index is 0.621. The lowest BCUT2D eigenvalue weighted by atomic mass is 9.93. The SMILES string of the molecule is CCCCCCCCCCCCCCC(C)[n+]1cc[nH]c1C(CCCCCC)CCCCCCCCCCCC. The third-order valence-corrected chi connectivity index (χ3v) is 9.39. The third kappa shape index (κ3) is 20.1. The maximum atomic E-state index is 3.72. The van der Waals surface area contributed by atoms with Gasteiger partial charge >= 0.3 is 0 Å². The van der Waals surface area contributed by atoms with Gasteiger partial charge in [-0.3, -0.25) is 0 Å². The van der Waals surface area contributed by atoms with Gasteiger partial charge in [-0.05, 0) is 32.6 Å². The van der Waals surface area contributed by atoms with Gasteiger partial charge in [0.25, 0.3) is 5.82 Å². The molecule has 0 amide bonds. The van der Waals surface area contributed by atoms with Crippen molar-refractivity contribution in [2.75, 3.05) is 0 Å². The van der Waals surface area contributed by atoms with Crippen LogP contribution in [0.3, 0.4) is 0 Å². The van der Waals surface area contributed by atoms with Crippen molar-refractivity contribution in [3.8, 4) is 0 Å². The number of hydrogen-bond acceptors (Lipinski definition) is 0. The Balaban J connectivity index is 2.32. The zero-order valence-corrected chi connectivity index (χ0v) is 28.3. The highest BCUT2D eigenvalue weighted by Crippen LogP contribution is 2.27. The highest BCUT2D eigenvalue weighted by atomic mass is 15.1. The van der Waals surface area contributed by atoms with Crippen molar-refractivity contribution in [3.63, 3.8) is 0 Å². The summed E-state index contributed by atoms with van der Waals surface area (Å²) in [5.41, 5.74) is 0. The van der Waals surface area contributed by atoms with E-state index in [4.69, 9.17) is 0 Å². The first-order valence-electron chi connectivity index (χ1n) is 18.8. The third-order valence-electron chi connectivity index (χ3n) is 9.39. The molecule has 2 atom stereocenters. The smallest absolute Gasteiger partial charge is 0.247 e. The van der Waals surface area contributed by atoms with Crippen molar-refractivity contribution in [1.29, 1.82) is 0 Å². The molecule has 0 saturated heterocycles. The topological polar surface area (TPSA) is 19.7 Å². The largest absolute Gasteiger partial charge is 0.257 e. The predicted octanol–water partition coefficient (Wildman–Crippen LogP) is 13.3. The molecule has 0 spiro atoms. The first-order chi connectivity index (χ1) is 19.7. The Labute approximate surface area is 253 Å². The fraction of sp³-hybridized carbons (Fsp3) is 0.921. The summed E-state index contributed by atoms with van der Waals surface area (Å²) in [6.07, 6.45) is 45.7. The van der Waals surface area contributed by atoms with Gasteiger partial charge in [0.2, 0.25) is 0 Å².